The number of furan rings is 1. The SMILES string of the molecule is CCc1ccc(C2NCCc3sccc32)o1. The third-order valence-electron chi connectivity index (χ3n) is 3.11. The Labute approximate surface area is 99.3 Å². The fourth-order valence-electron chi connectivity index (χ4n) is 2.24. The van der Waals surface area contributed by atoms with Crippen LogP contribution in [0.25, 0.3) is 0 Å². The number of hydrogen-bond acceptors (Lipinski definition) is 3. The first kappa shape index (κ1) is 10.1. The van der Waals surface area contributed by atoms with Gasteiger partial charge in [0.1, 0.15) is 11.5 Å². The number of aryl methyl sites for hydroxylation is 1. The van der Waals surface area contributed by atoms with Crippen molar-refractivity contribution in [2.24, 2.45) is 0 Å². The van der Waals surface area contributed by atoms with Crippen LogP contribution in [0.4, 0.5) is 0 Å². The molecule has 1 atom stereocenters. The van der Waals surface area contributed by atoms with Crippen LogP contribution in [0, 0.1) is 0 Å². The van der Waals surface area contributed by atoms with Crippen LogP contribution in [0.1, 0.15) is 34.9 Å². The fourth-order valence-corrected chi connectivity index (χ4v) is 3.17. The highest BCUT2D eigenvalue weighted by Gasteiger charge is 2.24. The van der Waals surface area contributed by atoms with Gasteiger partial charge in [-0.15, -0.1) is 11.3 Å². The first-order chi connectivity index (χ1) is 7.88. The number of hydrogen-bond donors (Lipinski definition) is 1. The maximum Gasteiger partial charge on any atom is 0.125 e. The molecule has 0 saturated heterocycles. The topological polar surface area (TPSA) is 25.2 Å². The molecule has 2 nitrogen and oxygen atoms in total. The first-order valence-corrected chi connectivity index (χ1v) is 6.64. The van der Waals surface area contributed by atoms with Gasteiger partial charge < -0.3 is 9.73 Å². The molecular weight excluding hydrogens is 218 g/mol. The maximum atomic E-state index is 5.84. The molecule has 0 aliphatic carbocycles. The minimum Gasteiger partial charge on any atom is -0.464 e. The normalized spacial score (nSPS) is 19.7. The van der Waals surface area contributed by atoms with Crippen LogP contribution in [-0.2, 0) is 12.8 Å². The van der Waals surface area contributed by atoms with Crippen molar-refractivity contribution in [2.75, 3.05) is 6.54 Å². The van der Waals surface area contributed by atoms with Crippen LogP contribution in [0.3, 0.4) is 0 Å². The van der Waals surface area contributed by atoms with Crippen LogP contribution >= 0.6 is 11.3 Å². The smallest absolute Gasteiger partial charge is 0.125 e. The van der Waals surface area contributed by atoms with Crippen molar-refractivity contribution in [1.82, 2.24) is 5.32 Å². The molecule has 16 heavy (non-hydrogen) atoms. The highest BCUT2D eigenvalue weighted by Crippen LogP contribution is 2.32. The highest BCUT2D eigenvalue weighted by molar-refractivity contribution is 7.10. The van der Waals surface area contributed by atoms with E-state index in [2.05, 4.69) is 35.8 Å². The molecule has 0 saturated carbocycles. The zero-order chi connectivity index (χ0) is 11.0. The molecule has 2 aromatic heterocycles. The molecule has 0 fully saturated rings. The Bertz CT molecular complexity index is 486. The van der Waals surface area contributed by atoms with Gasteiger partial charge in [-0.25, -0.2) is 0 Å². The molecule has 1 aliphatic rings. The minimum atomic E-state index is 0.260. The summed E-state index contributed by atoms with van der Waals surface area (Å²) in [6, 6.07) is 6.65. The van der Waals surface area contributed by atoms with E-state index in [1.165, 1.54) is 10.4 Å². The molecule has 2 aromatic rings. The molecule has 0 bridgehead atoms. The lowest BCUT2D eigenvalue weighted by atomic mass is 10.0. The third-order valence-corrected chi connectivity index (χ3v) is 4.10. The van der Waals surface area contributed by atoms with Crippen molar-refractivity contribution < 1.29 is 4.42 Å². The summed E-state index contributed by atoms with van der Waals surface area (Å²) < 4.78 is 5.84. The molecule has 0 amide bonds. The van der Waals surface area contributed by atoms with Crippen molar-refractivity contribution in [3.63, 3.8) is 0 Å². The van der Waals surface area contributed by atoms with Crippen molar-refractivity contribution in [1.29, 1.82) is 0 Å². The summed E-state index contributed by atoms with van der Waals surface area (Å²) in [5.74, 6) is 2.12. The van der Waals surface area contributed by atoms with E-state index in [9.17, 15) is 0 Å². The summed E-state index contributed by atoms with van der Waals surface area (Å²) in [6.45, 7) is 3.16. The second-order valence-corrected chi connectivity index (χ2v) is 5.09. The zero-order valence-corrected chi connectivity index (χ0v) is 10.1. The largest absolute Gasteiger partial charge is 0.464 e. The second kappa shape index (κ2) is 4.07. The molecule has 1 unspecified atom stereocenters. The monoisotopic (exact) mass is 233 g/mol. The predicted octanol–water partition coefficient (Wildman–Crippen LogP) is 3.14. The van der Waals surface area contributed by atoms with Gasteiger partial charge in [-0.05, 0) is 35.6 Å². The Hall–Kier alpha value is -1.06. The van der Waals surface area contributed by atoms with Crippen LogP contribution in [-0.4, -0.2) is 6.54 Å². The Morgan fingerprint density at radius 2 is 2.38 bits per heavy atom. The molecule has 3 heterocycles. The van der Waals surface area contributed by atoms with Crippen LogP contribution < -0.4 is 5.32 Å². The molecule has 0 aromatic carbocycles. The fraction of sp³-hybridized carbons (Fsp3) is 0.385. The molecule has 3 rings (SSSR count). The summed E-state index contributed by atoms with van der Waals surface area (Å²) in [5.41, 5.74) is 1.40. The van der Waals surface area contributed by atoms with Gasteiger partial charge in [0.25, 0.3) is 0 Å². The summed E-state index contributed by atoms with van der Waals surface area (Å²) in [7, 11) is 0. The van der Waals surface area contributed by atoms with Crippen LogP contribution in [0.5, 0.6) is 0 Å². The van der Waals surface area contributed by atoms with E-state index in [0.29, 0.717) is 0 Å². The third kappa shape index (κ3) is 1.60. The maximum absolute atomic E-state index is 5.84. The Morgan fingerprint density at radius 3 is 3.19 bits per heavy atom. The van der Waals surface area contributed by atoms with Crippen molar-refractivity contribution in [3.8, 4) is 0 Å². The van der Waals surface area contributed by atoms with Gasteiger partial charge in [-0.1, -0.05) is 6.92 Å². The minimum absolute atomic E-state index is 0.260. The van der Waals surface area contributed by atoms with Gasteiger partial charge in [0.15, 0.2) is 0 Å². The molecule has 0 spiro atoms. The van der Waals surface area contributed by atoms with Crippen molar-refractivity contribution >= 4 is 11.3 Å². The van der Waals surface area contributed by atoms with Gasteiger partial charge in [0.05, 0.1) is 6.04 Å². The molecule has 0 radical (unpaired) electrons. The molecule has 3 heteroatoms. The Morgan fingerprint density at radius 1 is 1.44 bits per heavy atom. The lowest BCUT2D eigenvalue weighted by Gasteiger charge is -2.22. The quantitative estimate of drug-likeness (QED) is 0.862. The lowest BCUT2D eigenvalue weighted by molar-refractivity contribution is 0.415. The van der Waals surface area contributed by atoms with E-state index in [1.54, 1.807) is 0 Å². The average Bonchev–Trinajstić information content (AvgIpc) is 2.97. The van der Waals surface area contributed by atoms with Gasteiger partial charge in [-0.3, -0.25) is 0 Å². The van der Waals surface area contributed by atoms with Crippen LogP contribution in [0.15, 0.2) is 28.0 Å². The first-order valence-electron chi connectivity index (χ1n) is 5.76. The van der Waals surface area contributed by atoms with Gasteiger partial charge in [0, 0.05) is 17.8 Å². The Kier molecular flexibility index (Phi) is 2.58. The average molecular weight is 233 g/mol. The Balaban J connectivity index is 1.97. The zero-order valence-electron chi connectivity index (χ0n) is 9.32. The van der Waals surface area contributed by atoms with Crippen molar-refractivity contribution in [2.45, 2.75) is 25.8 Å². The van der Waals surface area contributed by atoms with E-state index < -0.39 is 0 Å². The summed E-state index contributed by atoms with van der Waals surface area (Å²) in [4.78, 5) is 1.50. The molecule has 84 valence electrons. The molecule has 1 aliphatic heterocycles. The van der Waals surface area contributed by atoms with Gasteiger partial charge in [-0.2, -0.15) is 0 Å². The highest BCUT2D eigenvalue weighted by atomic mass is 32.1. The standard InChI is InChI=1S/C13H15NOS/c1-2-9-3-4-11(15-9)13-10-6-8-16-12(10)5-7-14-13/h3-4,6,8,13-14H,2,5,7H2,1H3. The van der Waals surface area contributed by atoms with Gasteiger partial charge >= 0.3 is 0 Å². The van der Waals surface area contributed by atoms with E-state index in [1.807, 2.05) is 11.3 Å². The van der Waals surface area contributed by atoms with E-state index in [-0.39, 0.29) is 6.04 Å². The molecule has 1 N–H and O–H groups in total. The summed E-state index contributed by atoms with van der Waals surface area (Å²) >= 11 is 1.85. The number of thiophene rings is 1. The van der Waals surface area contributed by atoms with Crippen LogP contribution in [0.2, 0.25) is 0 Å². The van der Waals surface area contributed by atoms with E-state index in [4.69, 9.17) is 4.42 Å². The van der Waals surface area contributed by atoms with Crippen molar-refractivity contribution in [3.05, 3.63) is 45.5 Å². The second-order valence-electron chi connectivity index (χ2n) is 4.09. The number of rotatable bonds is 2. The predicted molar refractivity (Wildman–Crippen MR) is 66.0 cm³/mol. The van der Waals surface area contributed by atoms with E-state index in [0.717, 1.165) is 30.9 Å². The number of nitrogens with one attached hydrogen (secondary N) is 1. The lowest BCUT2D eigenvalue weighted by Crippen LogP contribution is -2.29. The summed E-state index contributed by atoms with van der Waals surface area (Å²) in [6.07, 6.45) is 2.11. The summed E-state index contributed by atoms with van der Waals surface area (Å²) in [5, 5.41) is 5.70. The van der Waals surface area contributed by atoms with Gasteiger partial charge in [0.2, 0.25) is 0 Å². The number of fused-ring (bicyclic) bond motifs is 1. The molecular formula is C13H15NOS. The van der Waals surface area contributed by atoms with E-state index >= 15 is 0 Å².